The van der Waals surface area contributed by atoms with E-state index in [1.165, 1.54) is 6.07 Å². The maximum Gasteiger partial charge on any atom is 0.186 e. The number of aromatic nitrogens is 2. The number of halogens is 2. The number of H-pyrrole nitrogens is 1. The first-order chi connectivity index (χ1) is 7.13. The third-order valence-corrected chi connectivity index (χ3v) is 2.41. The van der Waals surface area contributed by atoms with Crippen molar-refractivity contribution in [1.29, 1.82) is 0 Å². The summed E-state index contributed by atoms with van der Waals surface area (Å²) in [7, 11) is 1.77. The molecule has 1 heterocycles. The van der Waals surface area contributed by atoms with Crippen LogP contribution in [0.2, 0.25) is 0 Å². The average molecular weight is 211 g/mol. The highest BCUT2D eigenvalue weighted by Crippen LogP contribution is 2.20. The molecule has 0 amide bonds. The standard InChI is InChI=1S/C10H11F2N3/c1-5(13-2)10-14-7-4-3-6(11)8(12)9(7)15-10/h3-5,13H,1-2H3,(H,14,15). The minimum atomic E-state index is -0.904. The third kappa shape index (κ3) is 1.59. The van der Waals surface area contributed by atoms with Crippen molar-refractivity contribution in [1.82, 2.24) is 15.3 Å². The Bertz CT molecular complexity index is 493. The molecule has 0 bridgehead atoms. The third-order valence-electron chi connectivity index (χ3n) is 2.41. The smallest absolute Gasteiger partial charge is 0.186 e. The van der Waals surface area contributed by atoms with Crippen molar-refractivity contribution in [2.45, 2.75) is 13.0 Å². The highest BCUT2D eigenvalue weighted by molar-refractivity contribution is 5.75. The van der Waals surface area contributed by atoms with Crippen molar-refractivity contribution in [2.24, 2.45) is 0 Å². The van der Waals surface area contributed by atoms with E-state index in [9.17, 15) is 8.78 Å². The summed E-state index contributed by atoms with van der Waals surface area (Å²) >= 11 is 0. The van der Waals surface area contributed by atoms with E-state index >= 15 is 0 Å². The Morgan fingerprint density at radius 3 is 2.80 bits per heavy atom. The van der Waals surface area contributed by atoms with Gasteiger partial charge in [-0.25, -0.2) is 13.8 Å². The van der Waals surface area contributed by atoms with Crippen molar-refractivity contribution >= 4 is 11.0 Å². The minimum absolute atomic E-state index is 0.0279. The Hall–Kier alpha value is -1.49. The molecule has 1 aromatic carbocycles. The van der Waals surface area contributed by atoms with Gasteiger partial charge >= 0.3 is 0 Å². The zero-order valence-electron chi connectivity index (χ0n) is 8.44. The molecule has 80 valence electrons. The van der Waals surface area contributed by atoms with Gasteiger partial charge < -0.3 is 10.3 Å². The Morgan fingerprint density at radius 1 is 1.40 bits per heavy atom. The second-order valence-corrected chi connectivity index (χ2v) is 3.39. The molecular weight excluding hydrogens is 200 g/mol. The Morgan fingerprint density at radius 2 is 2.13 bits per heavy atom. The van der Waals surface area contributed by atoms with Crippen molar-refractivity contribution in [2.75, 3.05) is 7.05 Å². The molecule has 2 aromatic rings. The van der Waals surface area contributed by atoms with Crippen LogP contribution < -0.4 is 5.32 Å². The number of hydrogen-bond donors (Lipinski definition) is 2. The molecule has 0 spiro atoms. The SMILES string of the molecule is CNC(C)c1nc2c(F)c(F)ccc2[nH]1. The van der Waals surface area contributed by atoms with Gasteiger partial charge in [0, 0.05) is 0 Å². The molecule has 0 saturated heterocycles. The summed E-state index contributed by atoms with van der Waals surface area (Å²) < 4.78 is 26.2. The van der Waals surface area contributed by atoms with E-state index in [1.54, 1.807) is 7.05 Å². The van der Waals surface area contributed by atoms with Crippen LogP contribution in [0.15, 0.2) is 12.1 Å². The van der Waals surface area contributed by atoms with Crippen LogP contribution in [-0.4, -0.2) is 17.0 Å². The molecule has 0 aliphatic heterocycles. The summed E-state index contributed by atoms with van der Waals surface area (Å²) in [6.45, 7) is 1.88. The van der Waals surface area contributed by atoms with E-state index in [1.807, 2.05) is 6.92 Å². The first-order valence-corrected chi connectivity index (χ1v) is 4.64. The molecular formula is C10H11F2N3. The predicted octanol–water partition coefficient (Wildman–Crippen LogP) is 2.12. The van der Waals surface area contributed by atoms with Gasteiger partial charge in [0.25, 0.3) is 0 Å². The van der Waals surface area contributed by atoms with Crippen molar-refractivity contribution in [3.8, 4) is 0 Å². The van der Waals surface area contributed by atoms with Gasteiger partial charge in [0.05, 0.1) is 11.6 Å². The number of nitrogens with one attached hydrogen (secondary N) is 2. The van der Waals surface area contributed by atoms with Crippen LogP contribution in [0.4, 0.5) is 8.78 Å². The highest BCUT2D eigenvalue weighted by Gasteiger charge is 2.14. The molecule has 0 saturated carbocycles. The van der Waals surface area contributed by atoms with Crippen LogP contribution in [0, 0.1) is 11.6 Å². The number of nitrogens with zero attached hydrogens (tertiary/aromatic N) is 1. The molecule has 3 nitrogen and oxygen atoms in total. The number of fused-ring (bicyclic) bond motifs is 1. The zero-order valence-corrected chi connectivity index (χ0v) is 8.44. The molecule has 0 aliphatic rings. The van der Waals surface area contributed by atoms with Crippen molar-refractivity contribution in [3.63, 3.8) is 0 Å². The number of benzene rings is 1. The molecule has 15 heavy (non-hydrogen) atoms. The quantitative estimate of drug-likeness (QED) is 0.798. The van der Waals surface area contributed by atoms with E-state index in [2.05, 4.69) is 15.3 Å². The van der Waals surface area contributed by atoms with Crippen LogP contribution in [0.25, 0.3) is 11.0 Å². The van der Waals surface area contributed by atoms with Gasteiger partial charge in [-0.3, -0.25) is 0 Å². The van der Waals surface area contributed by atoms with Gasteiger partial charge in [-0.2, -0.15) is 0 Å². The Balaban J connectivity index is 2.61. The van der Waals surface area contributed by atoms with Crippen molar-refractivity contribution < 1.29 is 8.78 Å². The summed E-state index contributed by atoms with van der Waals surface area (Å²) in [6.07, 6.45) is 0. The van der Waals surface area contributed by atoms with Gasteiger partial charge in [0.15, 0.2) is 11.6 Å². The minimum Gasteiger partial charge on any atom is -0.341 e. The lowest BCUT2D eigenvalue weighted by Crippen LogP contribution is -2.13. The molecule has 0 aliphatic carbocycles. The van der Waals surface area contributed by atoms with Gasteiger partial charge in [-0.15, -0.1) is 0 Å². The van der Waals surface area contributed by atoms with Crippen LogP contribution in [0.3, 0.4) is 0 Å². The molecule has 1 aromatic heterocycles. The monoisotopic (exact) mass is 211 g/mol. The van der Waals surface area contributed by atoms with Crippen LogP contribution in [0.1, 0.15) is 18.8 Å². The average Bonchev–Trinajstić information content (AvgIpc) is 2.67. The predicted molar refractivity (Wildman–Crippen MR) is 53.5 cm³/mol. The summed E-state index contributed by atoms with van der Waals surface area (Å²) in [5.41, 5.74) is 0.554. The Labute approximate surface area is 85.5 Å². The summed E-state index contributed by atoms with van der Waals surface area (Å²) in [4.78, 5) is 6.94. The number of imidazole rings is 1. The van der Waals surface area contributed by atoms with Gasteiger partial charge in [-0.05, 0) is 26.1 Å². The highest BCUT2D eigenvalue weighted by atomic mass is 19.2. The van der Waals surface area contributed by atoms with Crippen LogP contribution >= 0.6 is 0 Å². The topological polar surface area (TPSA) is 40.7 Å². The van der Waals surface area contributed by atoms with Gasteiger partial charge in [0.1, 0.15) is 11.3 Å². The fraction of sp³-hybridized carbons (Fsp3) is 0.300. The zero-order chi connectivity index (χ0) is 11.0. The molecule has 0 radical (unpaired) electrons. The lowest BCUT2D eigenvalue weighted by molar-refractivity contribution is 0.515. The Kier molecular flexibility index (Phi) is 2.40. The number of hydrogen-bond acceptors (Lipinski definition) is 2. The molecule has 2 rings (SSSR count). The summed E-state index contributed by atoms with van der Waals surface area (Å²) in [5, 5.41) is 2.97. The lowest BCUT2D eigenvalue weighted by Gasteiger charge is -2.04. The van der Waals surface area contributed by atoms with E-state index in [-0.39, 0.29) is 11.6 Å². The molecule has 1 atom stereocenters. The first-order valence-electron chi connectivity index (χ1n) is 4.64. The van der Waals surface area contributed by atoms with E-state index in [0.717, 1.165) is 6.07 Å². The van der Waals surface area contributed by atoms with Crippen molar-refractivity contribution in [3.05, 3.63) is 29.6 Å². The van der Waals surface area contributed by atoms with Gasteiger partial charge in [-0.1, -0.05) is 0 Å². The fourth-order valence-electron chi connectivity index (χ4n) is 1.38. The number of rotatable bonds is 2. The van der Waals surface area contributed by atoms with E-state index in [0.29, 0.717) is 11.3 Å². The molecule has 5 heteroatoms. The maximum absolute atomic E-state index is 13.3. The number of aromatic amines is 1. The summed E-state index contributed by atoms with van der Waals surface area (Å²) in [5.74, 6) is -1.19. The molecule has 0 fully saturated rings. The molecule has 2 N–H and O–H groups in total. The van der Waals surface area contributed by atoms with E-state index < -0.39 is 11.6 Å². The fourth-order valence-corrected chi connectivity index (χ4v) is 1.38. The van der Waals surface area contributed by atoms with E-state index in [4.69, 9.17) is 0 Å². The normalized spacial score (nSPS) is 13.3. The van der Waals surface area contributed by atoms with Crippen LogP contribution in [0.5, 0.6) is 0 Å². The second kappa shape index (κ2) is 3.58. The first kappa shape index (κ1) is 10.0. The van der Waals surface area contributed by atoms with Crippen LogP contribution in [-0.2, 0) is 0 Å². The second-order valence-electron chi connectivity index (χ2n) is 3.39. The largest absolute Gasteiger partial charge is 0.341 e. The lowest BCUT2D eigenvalue weighted by atomic mass is 10.3. The summed E-state index contributed by atoms with van der Waals surface area (Å²) in [6, 6.07) is 2.54. The maximum atomic E-state index is 13.3. The van der Waals surface area contributed by atoms with Gasteiger partial charge in [0.2, 0.25) is 0 Å². The molecule has 1 unspecified atom stereocenters.